The highest BCUT2D eigenvalue weighted by Crippen LogP contribution is 2.34. The van der Waals surface area contributed by atoms with E-state index in [1.807, 2.05) is 11.8 Å². The number of nitrogens with one attached hydrogen (secondary N) is 1. The topological polar surface area (TPSA) is 24.4 Å². The summed E-state index contributed by atoms with van der Waals surface area (Å²) in [6.45, 7) is 5.57. The normalized spacial score (nSPS) is 26.6. The zero-order chi connectivity index (χ0) is 11.4. The lowest BCUT2D eigenvalue weighted by Crippen LogP contribution is -2.32. The smallest absolute Gasteiger partial charge is 0.157 e. The van der Waals surface area contributed by atoms with Crippen molar-refractivity contribution in [2.45, 2.75) is 63.7 Å². The highest BCUT2D eigenvalue weighted by atomic mass is 32.2. The van der Waals surface area contributed by atoms with Crippen molar-refractivity contribution in [3.63, 3.8) is 0 Å². The quantitative estimate of drug-likeness (QED) is 0.769. The lowest BCUT2D eigenvalue weighted by atomic mass is 10.1. The fourth-order valence-corrected chi connectivity index (χ4v) is 3.43. The molecule has 2 nitrogen and oxygen atoms in total. The number of aliphatic imine (C=N–C) groups is 1. The second kappa shape index (κ2) is 5.95. The lowest BCUT2D eigenvalue weighted by molar-refractivity contribution is 0.513. The van der Waals surface area contributed by atoms with Crippen molar-refractivity contribution in [3.05, 3.63) is 0 Å². The van der Waals surface area contributed by atoms with Gasteiger partial charge in [0.1, 0.15) is 0 Å². The summed E-state index contributed by atoms with van der Waals surface area (Å²) < 4.78 is 0. The van der Waals surface area contributed by atoms with Crippen LogP contribution >= 0.6 is 11.8 Å². The zero-order valence-corrected chi connectivity index (χ0v) is 11.4. The molecule has 1 saturated carbocycles. The first-order valence-electron chi connectivity index (χ1n) is 6.79. The van der Waals surface area contributed by atoms with E-state index in [0.29, 0.717) is 6.04 Å². The van der Waals surface area contributed by atoms with Gasteiger partial charge in [0.05, 0.1) is 6.54 Å². The summed E-state index contributed by atoms with van der Waals surface area (Å²) in [6.07, 6.45) is 8.08. The van der Waals surface area contributed by atoms with Gasteiger partial charge < -0.3 is 5.32 Å². The lowest BCUT2D eigenvalue weighted by Gasteiger charge is -2.17. The van der Waals surface area contributed by atoms with Crippen LogP contribution < -0.4 is 5.32 Å². The van der Waals surface area contributed by atoms with E-state index in [-0.39, 0.29) is 0 Å². The average Bonchev–Trinajstić information content (AvgIpc) is 2.99. The van der Waals surface area contributed by atoms with Crippen LogP contribution in [-0.4, -0.2) is 23.0 Å². The monoisotopic (exact) mass is 240 g/mol. The van der Waals surface area contributed by atoms with E-state index in [0.717, 1.165) is 17.7 Å². The molecule has 0 amide bonds. The third kappa shape index (κ3) is 3.69. The van der Waals surface area contributed by atoms with Crippen LogP contribution in [0.4, 0.5) is 0 Å². The third-order valence-corrected chi connectivity index (χ3v) is 4.65. The van der Waals surface area contributed by atoms with Crippen LogP contribution in [0.25, 0.3) is 0 Å². The minimum atomic E-state index is 0.666. The Hall–Kier alpha value is -0.180. The highest BCUT2D eigenvalue weighted by molar-refractivity contribution is 8.14. The molecule has 92 valence electrons. The molecule has 2 rings (SSSR count). The number of thioether (sulfide) groups is 1. The van der Waals surface area contributed by atoms with Gasteiger partial charge in [-0.2, -0.15) is 0 Å². The molecule has 1 N–H and O–H groups in total. The molecule has 16 heavy (non-hydrogen) atoms. The van der Waals surface area contributed by atoms with E-state index in [1.54, 1.807) is 0 Å². The van der Waals surface area contributed by atoms with Gasteiger partial charge in [0.2, 0.25) is 0 Å². The molecule has 0 saturated heterocycles. The molecular formula is C13H24N2S. The first-order chi connectivity index (χ1) is 7.81. The van der Waals surface area contributed by atoms with E-state index >= 15 is 0 Å². The fourth-order valence-electron chi connectivity index (χ4n) is 2.23. The third-order valence-electron chi connectivity index (χ3n) is 3.46. The molecule has 2 atom stereocenters. The predicted octanol–water partition coefficient (Wildman–Crippen LogP) is 3.43. The van der Waals surface area contributed by atoms with Crippen LogP contribution in [0, 0.1) is 5.92 Å². The van der Waals surface area contributed by atoms with Crippen molar-refractivity contribution in [2.75, 3.05) is 6.54 Å². The van der Waals surface area contributed by atoms with Crippen molar-refractivity contribution in [1.82, 2.24) is 5.32 Å². The van der Waals surface area contributed by atoms with E-state index in [4.69, 9.17) is 0 Å². The van der Waals surface area contributed by atoms with Crippen LogP contribution in [0.15, 0.2) is 4.99 Å². The van der Waals surface area contributed by atoms with Crippen LogP contribution in [0.3, 0.4) is 0 Å². The van der Waals surface area contributed by atoms with Gasteiger partial charge >= 0.3 is 0 Å². The van der Waals surface area contributed by atoms with Gasteiger partial charge in [0, 0.05) is 11.3 Å². The molecule has 1 fully saturated rings. The van der Waals surface area contributed by atoms with E-state index in [2.05, 4.69) is 24.2 Å². The fraction of sp³-hybridized carbons (Fsp3) is 0.923. The molecule has 3 heteroatoms. The number of hydrogen-bond acceptors (Lipinski definition) is 3. The Labute approximate surface area is 104 Å². The molecule has 2 aliphatic rings. The molecule has 0 aromatic heterocycles. The largest absolute Gasteiger partial charge is 0.362 e. The zero-order valence-electron chi connectivity index (χ0n) is 10.5. The molecule has 0 radical (unpaired) electrons. The van der Waals surface area contributed by atoms with E-state index < -0.39 is 0 Å². The predicted molar refractivity (Wildman–Crippen MR) is 73.1 cm³/mol. The summed E-state index contributed by atoms with van der Waals surface area (Å²) in [5.41, 5.74) is 0. The second-order valence-electron chi connectivity index (χ2n) is 5.10. The van der Waals surface area contributed by atoms with Crippen LogP contribution in [-0.2, 0) is 0 Å². The maximum atomic E-state index is 4.62. The minimum Gasteiger partial charge on any atom is -0.362 e. The Morgan fingerprint density at radius 3 is 2.88 bits per heavy atom. The van der Waals surface area contributed by atoms with Crippen molar-refractivity contribution in [3.8, 4) is 0 Å². The number of nitrogens with zero attached hydrogens (tertiary/aromatic N) is 1. The Morgan fingerprint density at radius 2 is 2.25 bits per heavy atom. The van der Waals surface area contributed by atoms with Crippen molar-refractivity contribution in [2.24, 2.45) is 10.9 Å². The number of amidine groups is 1. The van der Waals surface area contributed by atoms with E-state index in [1.165, 1.54) is 43.7 Å². The van der Waals surface area contributed by atoms with E-state index in [9.17, 15) is 0 Å². The number of hydrogen-bond donors (Lipinski definition) is 1. The van der Waals surface area contributed by atoms with Crippen molar-refractivity contribution in [1.29, 1.82) is 0 Å². The van der Waals surface area contributed by atoms with Gasteiger partial charge in [-0.05, 0) is 25.2 Å². The Morgan fingerprint density at radius 1 is 1.44 bits per heavy atom. The number of rotatable bonds is 6. The standard InChI is InChI=1S/C13H24N2S/c1-3-5-12-9-14-13(16-12)15-11(4-2)8-10-6-7-10/h10-12H,3-9H2,1-2H3,(H,14,15). The van der Waals surface area contributed by atoms with Crippen LogP contribution in [0.1, 0.15) is 52.4 Å². The highest BCUT2D eigenvalue weighted by Gasteiger charge is 2.26. The molecule has 1 aliphatic carbocycles. The molecule has 0 aromatic rings. The van der Waals surface area contributed by atoms with Crippen LogP contribution in [0.2, 0.25) is 0 Å². The van der Waals surface area contributed by atoms with Crippen molar-refractivity contribution >= 4 is 16.9 Å². The molecule has 2 unspecified atom stereocenters. The van der Waals surface area contributed by atoms with Crippen molar-refractivity contribution < 1.29 is 0 Å². The van der Waals surface area contributed by atoms with Gasteiger partial charge in [0.15, 0.2) is 5.17 Å². The maximum absolute atomic E-state index is 4.62. The van der Waals surface area contributed by atoms with Crippen LogP contribution in [0.5, 0.6) is 0 Å². The summed E-state index contributed by atoms with van der Waals surface area (Å²) in [6, 6.07) is 0.666. The molecule has 0 bridgehead atoms. The van der Waals surface area contributed by atoms with Gasteiger partial charge in [-0.15, -0.1) is 0 Å². The van der Waals surface area contributed by atoms with Gasteiger partial charge in [-0.3, -0.25) is 4.99 Å². The molecule has 0 aromatic carbocycles. The first-order valence-corrected chi connectivity index (χ1v) is 7.67. The van der Waals surface area contributed by atoms with Gasteiger partial charge in [-0.25, -0.2) is 0 Å². The first kappa shape index (κ1) is 12.3. The molecule has 0 spiro atoms. The Kier molecular flexibility index (Phi) is 4.56. The summed E-state index contributed by atoms with van der Waals surface area (Å²) in [5, 5.41) is 5.59. The summed E-state index contributed by atoms with van der Waals surface area (Å²) in [7, 11) is 0. The maximum Gasteiger partial charge on any atom is 0.157 e. The summed E-state index contributed by atoms with van der Waals surface area (Å²) >= 11 is 1.97. The molecular weight excluding hydrogens is 216 g/mol. The Bertz CT molecular complexity index is 248. The van der Waals surface area contributed by atoms with Gasteiger partial charge in [-0.1, -0.05) is 44.9 Å². The SMILES string of the molecule is CCCC1CN=C(NC(CC)CC2CC2)S1. The second-order valence-corrected chi connectivity index (χ2v) is 6.39. The molecule has 1 aliphatic heterocycles. The summed E-state index contributed by atoms with van der Waals surface area (Å²) in [5.74, 6) is 1.01. The Balaban J connectivity index is 1.71. The minimum absolute atomic E-state index is 0.666. The average molecular weight is 240 g/mol. The summed E-state index contributed by atoms with van der Waals surface area (Å²) in [4.78, 5) is 4.62. The van der Waals surface area contributed by atoms with Gasteiger partial charge in [0.25, 0.3) is 0 Å². The molecule has 1 heterocycles.